The molecule has 0 aliphatic carbocycles. The molecule has 1 aromatic carbocycles. The number of nitrogens with zero attached hydrogens (tertiary/aromatic N) is 1. The summed E-state index contributed by atoms with van der Waals surface area (Å²) >= 11 is 1.56. The standard InChI is InChI=1S/C11H8N2OS/c14-10-4-7-2-1-3-8(11(7)13-10)9-5-15-6-12-9/h1-3,5-6H,4H2,(H,13,14). The van der Waals surface area contributed by atoms with Gasteiger partial charge in [0.15, 0.2) is 0 Å². The molecule has 1 aliphatic rings. The second kappa shape index (κ2) is 3.17. The number of aromatic nitrogens is 1. The molecule has 0 saturated heterocycles. The SMILES string of the molecule is O=C1Cc2cccc(-c3cscn3)c2N1. The maximum Gasteiger partial charge on any atom is 0.228 e. The number of amides is 1. The fourth-order valence-corrected chi connectivity index (χ4v) is 2.36. The van der Waals surface area contributed by atoms with Crippen molar-refractivity contribution in [1.82, 2.24) is 4.98 Å². The van der Waals surface area contributed by atoms with E-state index in [9.17, 15) is 4.79 Å². The summed E-state index contributed by atoms with van der Waals surface area (Å²) in [6.45, 7) is 0. The van der Waals surface area contributed by atoms with Gasteiger partial charge in [0.2, 0.25) is 5.91 Å². The van der Waals surface area contributed by atoms with Gasteiger partial charge in [0.1, 0.15) is 0 Å². The number of rotatable bonds is 1. The number of nitrogens with one attached hydrogen (secondary N) is 1. The smallest absolute Gasteiger partial charge is 0.228 e. The van der Waals surface area contributed by atoms with Gasteiger partial charge in [-0.2, -0.15) is 0 Å². The third-order valence-electron chi connectivity index (χ3n) is 2.47. The van der Waals surface area contributed by atoms with Gasteiger partial charge in [-0.3, -0.25) is 4.79 Å². The maximum absolute atomic E-state index is 11.3. The van der Waals surface area contributed by atoms with Crippen molar-refractivity contribution in [1.29, 1.82) is 0 Å². The molecule has 1 aromatic heterocycles. The van der Waals surface area contributed by atoms with Crippen molar-refractivity contribution in [3.05, 3.63) is 34.7 Å². The Morgan fingerprint density at radius 3 is 3.13 bits per heavy atom. The normalized spacial score (nSPS) is 13.7. The summed E-state index contributed by atoms with van der Waals surface area (Å²) in [6.07, 6.45) is 0.479. The van der Waals surface area contributed by atoms with Crippen LogP contribution in [0.4, 0.5) is 5.69 Å². The molecule has 0 radical (unpaired) electrons. The van der Waals surface area contributed by atoms with E-state index in [0.717, 1.165) is 22.5 Å². The zero-order chi connectivity index (χ0) is 10.3. The number of benzene rings is 1. The Bertz CT molecular complexity index is 519. The number of para-hydroxylation sites is 1. The van der Waals surface area contributed by atoms with E-state index in [0.29, 0.717) is 6.42 Å². The number of carbonyl (C=O) groups excluding carboxylic acids is 1. The highest BCUT2D eigenvalue weighted by molar-refractivity contribution is 7.07. The van der Waals surface area contributed by atoms with E-state index in [1.807, 2.05) is 23.6 Å². The largest absolute Gasteiger partial charge is 0.325 e. The summed E-state index contributed by atoms with van der Waals surface area (Å²) in [6, 6.07) is 5.93. The first-order valence-electron chi connectivity index (χ1n) is 4.65. The van der Waals surface area contributed by atoms with Crippen molar-refractivity contribution >= 4 is 22.9 Å². The van der Waals surface area contributed by atoms with Crippen LogP contribution in [0.5, 0.6) is 0 Å². The molecule has 2 heterocycles. The molecule has 74 valence electrons. The molecule has 1 aliphatic heterocycles. The van der Waals surface area contributed by atoms with E-state index in [2.05, 4.69) is 10.3 Å². The van der Waals surface area contributed by atoms with Crippen molar-refractivity contribution in [2.75, 3.05) is 5.32 Å². The Balaban J connectivity index is 2.19. The second-order valence-electron chi connectivity index (χ2n) is 3.44. The van der Waals surface area contributed by atoms with Gasteiger partial charge in [0.05, 0.1) is 23.3 Å². The van der Waals surface area contributed by atoms with Crippen LogP contribution in [0.2, 0.25) is 0 Å². The molecule has 4 heteroatoms. The molecule has 3 nitrogen and oxygen atoms in total. The Morgan fingerprint density at radius 1 is 1.40 bits per heavy atom. The van der Waals surface area contributed by atoms with E-state index in [1.165, 1.54) is 0 Å². The van der Waals surface area contributed by atoms with Crippen LogP contribution in [-0.2, 0) is 11.2 Å². The first kappa shape index (κ1) is 8.61. The fraction of sp³-hybridized carbons (Fsp3) is 0.0909. The highest BCUT2D eigenvalue weighted by Gasteiger charge is 2.21. The molecule has 0 bridgehead atoms. The molecule has 0 fully saturated rings. The maximum atomic E-state index is 11.3. The monoisotopic (exact) mass is 216 g/mol. The Hall–Kier alpha value is -1.68. The van der Waals surface area contributed by atoms with Gasteiger partial charge in [0.25, 0.3) is 0 Å². The van der Waals surface area contributed by atoms with Crippen LogP contribution in [0.25, 0.3) is 11.3 Å². The van der Waals surface area contributed by atoms with Crippen molar-refractivity contribution in [2.24, 2.45) is 0 Å². The van der Waals surface area contributed by atoms with Crippen molar-refractivity contribution in [2.45, 2.75) is 6.42 Å². The first-order valence-corrected chi connectivity index (χ1v) is 5.59. The number of carbonyl (C=O) groups is 1. The summed E-state index contributed by atoms with van der Waals surface area (Å²) in [5.41, 5.74) is 5.73. The zero-order valence-corrected chi connectivity index (χ0v) is 8.67. The second-order valence-corrected chi connectivity index (χ2v) is 4.16. The number of thiazole rings is 1. The van der Waals surface area contributed by atoms with Crippen LogP contribution < -0.4 is 5.32 Å². The van der Waals surface area contributed by atoms with Gasteiger partial charge in [-0.1, -0.05) is 18.2 Å². The molecule has 0 spiro atoms. The van der Waals surface area contributed by atoms with E-state index in [1.54, 1.807) is 16.8 Å². The lowest BCUT2D eigenvalue weighted by molar-refractivity contribution is -0.115. The number of hydrogen-bond donors (Lipinski definition) is 1. The molecular weight excluding hydrogens is 208 g/mol. The van der Waals surface area contributed by atoms with Crippen LogP contribution in [-0.4, -0.2) is 10.9 Å². The molecule has 1 N–H and O–H groups in total. The van der Waals surface area contributed by atoms with Gasteiger partial charge >= 0.3 is 0 Å². The lowest BCUT2D eigenvalue weighted by atomic mass is 10.1. The van der Waals surface area contributed by atoms with Crippen molar-refractivity contribution in [3.8, 4) is 11.3 Å². The lowest BCUT2D eigenvalue weighted by Gasteiger charge is -2.04. The third kappa shape index (κ3) is 1.34. The topological polar surface area (TPSA) is 42.0 Å². The van der Waals surface area contributed by atoms with E-state index >= 15 is 0 Å². The summed E-state index contributed by atoms with van der Waals surface area (Å²) in [5, 5.41) is 4.87. The number of hydrogen-bond acceptors (Lipinski definition) is 3. The lowest BCUT2D eigenvalue weighted by Crippen LogP contribution is -2.04. The van der Waals surface area contributed by atoms with E-state index < -0.39 is 0 Å². The summed E-state index contributed by atoms with van der Waals surface area (Å²) in [4.78, 5) is 15.5. The Morgan fingerprint density at radius 2 is 2.33 bits per heavy atom. The third-order valence-corrected chi connectivity index (χ3v) is 3.06. The van der Waals surface area contributed by atoms with Gasteiger partial charge in [-0.25, -0.2) is 4.98 Å². The molecule has 0 unspecified atom stereocenters. The molecule has 1 amide bonds. The zero-order valence-electron chi connectivity index (χ0n) is 7.86. The minimum absolute atomic E-state index is 0.0627. The van der Waals surface area contributed by atoms with Gasteiger partial charge < -0.3 is 5.32 Å². The average molecular weight is 216 g/mol. The number of anilines is 1. The summed E-state index contributed by atoms with van der Waals surface area (Å²) in [7, 11) is 0. The molecule has 0 atom stereocenters. The molecule has 3 rings (SSSR count). The minimum Gasteiger partial charge on any atom is -0.325 e. The number of fused-ring (bicyclic) bond motifs is 1. The van der Waals surface area contributed by atoms with Gasteiger partial charge in [-0.05, 0) is 5.56 Å². The molecule has 15 heavy (non-hydrogen) atoms. The Kier molecular flexibility index (Phi) is 1.82. The van der Waals surface area contributed by atoms with E-state index in [4.69, 9.17) is 0 Å². The average Bonchev–Trinajstić information content (AvgIpc) is 2.82. The summed E-state index contributed by atoms with van der Waals surface area (Å²) in [5.74, 6) is 0.0627. The molecular formula is C11H8N2OS. The van der Waals surface area contributed by atoms with Crippen molar-refractivity contribution < 1.29 is 4.79 Å². The van der Waals surface area contributed by atoms with Crippen LogP contribution in [0.1, 0.15) is 5.56 Å². The van der Waals surface area contributed by atoms with Gasteiger partial charge in [-0.15, -0.1) is 11.3 Å². The van der Waals surface area contributed by atoms with E-state index in [-0.39, 0.29) is 5.91 Å². The summed E-state index contributed by atoms with van der Waals surface area (Å²) < 4.78 is 0. The first-order chi connectivity index (χ1) is 7.34. The van der Waals surface area contributed by atoms with Crippen LogP contribution >= 0.6 is 11.3 Å². The minimum atomic E-state index is 0.0627. The van der Waals surface area contributed by atoms with Crippen molar-refractivity contribution in [3.63, 3.8) is 0 Å². The predicted molar refractivity (Wildman–Crippen MR) is 59.9 cm³/mol. The predicted octanol–water partition coefficient (Wildman–Crippen LogP) is 2.30. The van der Waals surface area contributed by atoms with Crippen LogP contribution in [0, 0.1) is 0 Å². The van der Waals surface area contributed by atoms with Gasteiger partial charge in [0, 0.05) is 10.9 Å². The van der Waals surface area contributed by atoms with Crippen LogP contribution in [0.15, 0.2) is 29.1 Å². The fourth-order valence-electron chi connectivity index (χ4n) is 1.81. The molecule has 0 saturated carbocycles. The highest BCUT2D eigenvalue weighted by atomic mass is 32.1. The Labute approximate surface area is 90.8 Å². The quantitative estimate of drug-likeness (QED) is 0.794. The molecule has 2 aromatic rings. The van der Waals surface area contributed by atoms with Crippen LogP contribution in [0.3, 0.4) is 0 Å². The highest BCUT2D eigenvalue weighted by Crippen LogP contribution is 2.34.